The fourth-order valence-corrected chi connectivity index (χ4v) is 2.66. The molecule has 1 unspecified atom stereocenters. The van der Waals surface area contributed by atoms with Crippen LogP contribution in [0, 0.1) is 0 Å². The van der Waals surface area contributed by atoms with E-state index in [4.69, 9.17) is 5.73 Å². The molecule has 0 radical (unpaired) electrons. The lowest BCUT2D eigenvalue weighted by Crippen LogP contribution is -2.36. The predicted octanol–water partition coefficient (Wildman–Crippen LogP) is 3.03. The molecular formula is C15H14BrN3O. The number of halogens is 1. The van der Waals surface area contributed by atoms with Crippen LogP contribution in [0.25, 0.3) is 0 Å². The van der Waals surface area contributed by atoms with E-state index in [-0.39, 0.29) is 11.8 Å². The SMILES string of the molecule is NC1=NCC(c2cccc(O)c2)N1c1ccc(Br)cc1. The average Bonchev–Trinajstić information content (AvgIpc) is 2.82. The lowest BCUT2D eigenvalue weighted by Gasteiger charge is -2.26. The Balaban J connectivity index is 1.98. The van der Waals surface area contributed by atoms with Gasteiger partial charge in [-0.3, -0.25) is 4.99 Å². The van der Waals surface area contributed by atoms with Gasteiger partial charge < -0.3 is 15.7 Å². The molecular weight excluding hydrogens is 318 g/mol. The summed E-state index contributed by atoms with van der Waals surface area (Å²) in [6.07, 6.45) is 0. The van der Waals surface area contributed by atoms with Crippen molar-refractivity contribution in [1.82, 2.24) is 0 Å². The van der Waals surface area contributed by atoms with Crippen LogP contribution >= 0.6 is 15.9 Å². The molecule has 0 aliphatic carbocycles. The van der Waals surface area contributed by atoms with Gasteiger partial charge in [-0.1, -0.05) is 28.1 Å². The van der Waals surface area contributed by atoms with Gasteiger partial charge in [0.15, 0.2) is 5.96 Å². The Hall–Kier alpha value is -2.01. The summed E-state index contributed by atoms with van der Waals surface area (Å²) in [6.45, 7) is 0.589. The smallest absolute Gasteiger partial charge is 0.196 e. The molecule has 3 rings (SSSR count). The first-order valence-corrected chi connectivity index (χ1v) is 7.08. The van der Waals surface area contributed by atoms with Crippen LogP contribution in [0.4, 0.5) is 5.69 Å². The molecule has 0 amide bonds. The number of phenolic OH excluding ortho intramolecular Hbond substituents is 1. The fourth-order valence-electron chi connectivity index (χ4n) is 2.40. The van der Waals surface area contributed by atoms with E-state index in [0.717, 1.165) is 15.7 Å². The molecule has 2 aromatic rings. The fraction of sp³-hybridized carbons (Fsp3) is 0.133. The van der Waals surface area contributed by atoms with E-state index in [0.29, 0.717) is 12.5 Å². The summed E-state index contributed by atoms with van der Waals surface area (Å²) in [5.74, 6) is 0.754. The van der Waals surface area contributed by atoms with Crippen LogP contribution in [0.2, 0.25) is 0 Å². The lowest BCUT2D eigenvalue weighted by molar-refractivity contribution is 0.474. The van der Waals surface area contributed by atoms with Gasteiger partial charge >= 0.3 is 0 Å². The second-order valence-electron chi connectivity index (χ2n) is 4.66. The average molecular weight is 332 g/mol. The summed E-state index contributed by atoms with van der Waals surface area (Å²) in [7, 11) is 0. The molecule has 0 aromatic heterocycles. The Bertz CT molecular complexity index is 654. The number of aromatic hydroxyl groups is 1. The van der Waals surface area contributed by atoms with Crippen molar-refractivity contribution in [1.29, 1.82) is 0 Å². The number of hydrogen-bond acceptors (Lipinski definition) is 4. The Morgan fingerprint density at radius 2 is 1.95 bits per heavy atom. The Labute approximate surface area is 125 Å². The molecule has 102 valence electrons. The molecule has 0 saturated heterocycles. The summed E-state index contributed by atoms with van der Waals surface area (Å²) in [4.78, 5) is 6.32. The predicted molar refractivity (Wildman–Crippen MR) is 84.0 cm³/mol. The third-order valence-corrected chi connectivity index (χ3v) is 3.87. The highest BCUT2D eigenvalue weighted by molar-refractivity contribution is 9.10. The maximum absolute atomic E-state index is 9.64. The van der Waals surface area contributed by atoms with Gasteiger partial charge in [-0.2, -0.15) is 0 Å². The first-order valence-electron chi connectivity index (χ1n) is 6.29. The van der Waals surface area contributed by atoms with Crippen molar-refractivity contribution in [2.24, 2.45) is 10.7 Å². The summed E-state index contributed by atoms with van der Waals surface area (Å²) in [5, 5.41) is 9.64. The minimum absolute atomic E-state index is 0.0169. The number of anilines is 1. The highest BCUT2D eigenvalue weighted by Crippen LogP contribution is 2.32. The Morgan fingerprint density at radius 1 is 1.20 bits per heavy atom. The second-order valence-corrected chi connectivity index (χ2v) is 5.57. The van der Waals surface area contributed by atoms with Crippen LogP contribution < -0.4 is 10.6 Å². The van der Waals surface area contributed by atoms with Gasteiger partial charge in [-0.05, 0) is 42.0 Å². The van der Waals surface area contributed by atoms with Crippen LogP contribution in [0.1, 0.15) is 11.6 Å². The Kier molecular flexibility index (Phi) is 3.36. The molecule has 5 heteroatoms. The van der Waals surface area contributed by atoms with Crippen LogP contribution in [-0.4, -0.2) is 17.6 Å². The van der Waals surface area contributed by atoms with Crippen molar-refractivity contribution in [3.8, 4) is 5.75 Å². The van der Waals surface area contributed by atoms with Crippen LogP contribution in [0.5, 0.6) is 5.75 Å². The minimum Gasteiger partial charge on any atom is -0.508 e. The monoisotopic (exact) mass is 331 g/mol. The van der Waals surface area contributed by atoms with Crippen molar-refractivity contribution in [2.45, 2.75) is 6.04 Å². The van der Waals surface area contributed by atoms with Gasteiger partial charge in [-0.15, -0.1) is 0 Å². The molecule has 1 atom stereocenters. The summed E-state index contributed by atoms with van der Waals surface area (Å²) < 4.78 is 1.02. The van der Waals surface area contributed by atoms with Crippen LogP contribution in [0.15, 0.2) is 58.0 Å². The maximum atomic E-state index is 9.64. The largest absolute Gasteiger partial charge is 0.508 e. The van der Waals surface area contributed by atoms with Gasteiger partial charge in [0.05, 0.1) is 12.6 Å². The molecule has 0 fully saturated rings. The highest BCUT2D eigenvalue weighted by Gasteiger charge is 2.28. The number of benzene rings is 2. The number of rotatable bonds is 2. The summed E-state index contributed by atoms with van der Waals surface area (Å²) in [6, 6.07) is 15.2. The molecule has 3 N–H and O–H groups in total. The summed E-state index contributed by atoms with van der Waals surface area (Å²) >= 11 is 3.43. The topological polar surface area (TPSA) is 61.9 Å². The molecule has 1 aliphatic rings. The quantitative estimate of drug-likeness (QED) is 0.889. The zero-order valence-corrected chi connectivity index (χ0v) is 12.3. The molecule has 20 heavy (non-hydrogen) atoms. The van der Waals surface area contributed by atoms with Gasteiger partial charge in [0.1, 0.15) is 5.75 Å². The normalized spacial score (nSPS) is 18.1. The number of hydrogen-bond donors (Lipinski definition) is 2. The lowest BCUT2D eigenvalue weighted by atomic mass is 10.1. The van der Waals surface area contributed by atoms with Crippen molar-refractivity contribution in [3.63, 3.8) is 0 Å². The summed E-state index contributed by atoms with van der Waals surface area (Å²) in [5.41, 5.74) is 8.00. The molecule has 0 spiro atoms. The van der Waals surface area contributed by atoms with E-state index >= 15 is 0 Å². The zero-order valence-electron chi connectivity index (χ0n) is 10.7. The standard InChI is InChI=1S/C15H14BrN3O/c16-11-4-6-12(7-5-11)19-14(9-18-15(19)17)10-2-1-3-13(20)8-10/h1-8,14,20H,9H2,(H2,17,18). The zero-order chi connectivity index (χ0) is 14.1. The van der Waals surface area contributed by atoms with E-state index < -0.39 is 0 Å². The molecule has 4 nitrogen and oxygen atoms in total. The maximum Gasteiger partial charge on any atom is 0.196 e. The number of guanidine groups is 1. The van der Waals surface area contributed by atoms with E-state index in [2.05, 4.69) is 20.9 Å². The van der Waals surface area contributed by atoms with E-state index in [9.17, 15) is 5.11 Å². The third kappa shape index (κ3) is 2.36. The van der Waals surface area contributed by atoms with Gasteiger partial charge in [0.25, 0.3) is 0 Å². The molecule has 1 heterocycles. The van der Waals surface area contributed by atoms with Crippen molar-refractivity contribution in [2.75, 3.05) is 11.4 Å². The number of nitrogens with two attached hydrogens (primary N) is 1. The van der Waals surface area contributed by atoms with Crippen molar-refractivity contribution < 1.29 is 5.11 Å². The molecule has 0 bridgehead atoms. The van der Waals surface area contributed by atoms with Crippen LogP contribution in [0.3, 0.4) is 0 Å². The first kappa shape index (κ1) is 13.0. The Morgan fingerprint density at radius 3 is 2.65 bits per heavy atom. The molecule has 1 aliphatic heterocycles. The van der Waals surface area contributed by atoms with E-state index in [1.54, 1.807) is 12.1 Å². The van der Waals surface area contributed by atoms with Gasteiger partial charge in [0, 0.05) is 10.2 Å². The first-order chi connectivity index (χ1) is 9.65. The van der Waals surface area contributed by atoms with Crippen LogP contribution in [-0.2, 0) is 0 Å². The molecule has 2 aromatic carbocycles. The number of aliphatic imine (C=N–C) groups is 1. The van der Waals surface area contributed by atoms with E-state index in [1.165, 1.54) is 0 Å². The van der Waals surface area contributed by atoms with E-state index in [1.807, 2.05) is 41.3 Å². The van der Waals surface area contributed by atoms with Gasteiger partial charge in [-0.25, -0.2) is 0 Å². The second kappa shape index (κ2) is 5.17. The van der Waals surface area contributed by atoms with Gasteiger partial charge in [0.2, 0.25) is 0 Å². The number of nitrogens with zero attached hydrogens (tertiary/aromatic N) is 2. The molecule has 0 saturated carbocycles. The third-order valence-electron chi connectivity index (χ3n) is 3.34. The van der Waals surface area contributed by atoms with Crippen molar-refractivity contribution >= 4 is 27.6 Å². The highest BCUT2D eigenvalue weighted by atomic mass is 79.9. The van der Waals surface area contributed by atoms with Crippen molar-refractivity contribution in [3.05, 3.63) is 58.6 Å². The minimum atomic E-state index is 0.0169. The number of phenols is 1.